The van der Waals surface area contributed by atoms with Crippen molar-refractivity contribution in [1.82, 2.24) is 20.4 Å². The maximum atomic E-state index is 12.7. The molecule has 0 saturated carbocycles. The minimum atomic E-state index is -0.296. The van der Waals surface area contributed by atoms with Gasteiger partial charge in [0.1, 0.15) is 0 Å². The number of fused-ring (bicyclic) bond motifs is 2. The lowest BCUT2D eigenvalue weighted by atomic mass is 9.86. The van der Waals surface area contributed by atoms with Crippen molar-refractivity contribution in [2.24, 2.45) is 5.92 Å². The molecule has 3 aliphatic heterocycles. The van der Waals surface area contributed by atoms with Gasteiger partial charge in [0.2, 0.25) is 12.7 Å². The van der Waals surface area contributed by atoms with E-state index in [0.717, 1.165) is 30.0 Å². The van der Waals surface area contributed by atoms with Crippen LogP contribution in [0.15, 0.2) is 18.2 Å². The summed E-state index contributed by atoms with van der Waals surface area (Å²) < 4.78 is 10.7. The van der Waals surface area contributed by atoms with Gasteiger partial charge in [0.15, 0.2) is 11.5 Å². The Kier molecular flexibility index (Phi) is 4.01. The zero-order valence-corrected chi connectivity index (χ0v) is 14.3. The van der Waals surface area contributed by atoms with Crippen molar-refractivity contribution in [1.29, 1.82) is 0 Å². The smallest absolute Gasteiger partial charge is 0.327 e. The minimum Gasteiger partial charge on any atom is -0.454 e. The van der Waals surface area contributed by atoms with Crippen LogP contribution in [0.5, 0.6) is 11.5 Å². The summed E-state index contributed by atoms with van der Waals surface area (Å²) in [5.41, 5.74) is 1.07. The molecule has 3 heterocycles. The fourth-order valence-corrected chi connectivity index (χ4v) is 3.80. The van der Waals surface area contributed by atoms with Crippen LogP contribution in [-0.4, -0.2) is 61.4 Å². The van der Waals surface area contributed by atoms with E-state index in [0.29, 0.717) is 6.54 Å². The quantitative estimate of drug-likeness (QED) is 0.821. The highest BCUT2D eigenvalue weighted by atomic mass is 16.7. The van der Waals surface area contributed by atoms with Crippen molar-refractivity contribution in [3.8, 4) is 11.5 Å². The first-order chi connectivity index (χ1) is 12.1. The van der Waals surface area contributed by atoms with Gasteiger partial charge in [-0.15, -0.1) is 0 Å². The lowest BCUT2D eigenvalue weighted by Crippen LogP contribution is -2.70. The molecule has 2 N–H and O–H groups in total. The molecule has 134 valence electrons. The average Bonchev–Trinajstić information content (AvgIpc) is 3.10. The molecule has 1 aromatic carbocycles. The molecule has 2 fully saturated rings. The largest absolute Gasteiger partial charge is 0.454 e. The number of benzene rings is 1. The Morgan fingerprint density at radius 3 is 2.88 bits per heavy atom. The van der Waals surface area contributed by atoms with E-state index in [1.54, 1.807) is 19.0 Å². The van der Waals surface area contributed by atoms with Gasteiger partial charge < -0.3 is 19.7 Å². The van der Waals surface area contributed by atoms with Crippen LogP contribution in [0.2, 0.25) is 0 Å². The first-order valence-corrected chi connectivity index (χ1v) is 8.46. The molecule has 3 atom stereocenters. The maximum Gasteiger partial charge on any atom is 0.327 e. The summed E-state index contributed by atoms with van der Waals surface area (Å²) in [6.07, 6.45) is 0.562. The van der Waals surface area contributed by atoms with Gasteiger partial charge in [-0.3, -0.25) is 15.0 Å². The zero-order chi connectivity index (χ0) is 17.6. The Labute approximate surface area is 146 Å². The van der Waals surface area contributed by atoms with Gasteiger partial charge in [-0.05, 0) is 30.7 Å². The van der Waals surface area contributed by atoms with Crippen LogP contribution in [-0.2, 0) is 11.3 Å². The molecule has 25 heavy (non-hydrogen) atoms. The molecule has 0 radical (unpaired) electrons. The predicted octanol–water partition coefficient (Wildman–Crippen LogP) is 0.333. The molecular weight excluding hydrogens is 324 g/mol. The van der Waals surface area contributed by atoms with Gasteiger partial charge in [-0.1, -0.05) is 6.07 Å². The summed E-state index contributed by atoms with van der Waals surface area (Å²) >= 11 is 0. The van der Waals surface area contributed by atoms with Crippen molar-refractivity contribution in [2.75, 3.05) is 27.4 Å². The van der Waals surface area contributed by atoms with E-state index < -0.39 is 0 Å². The highest BCUT2D eigenvalue weighted by Gasteiger charge is 2.48. The molecule has 3 amide bonds. The summed E-state index contributed by atoms with van der Waals surface area (Å²) in [4.78, 5) is 27.6. The van der Waals surface area contributed by atoms with E-state index in [-0.39, 0.29) is 36.9 Å². The van der Waals surface area contributed by atoms with Crippen LogP contribution in [0.1, 0.15) is 12.0 Å². The second-order valence-corrected chi connectivity index (χ2v) is 6.68. The fraction of sp³-hybridized carbons (Fsp3) is 0.529. The Morgan fingerprint density at radius 2 is 2.04 bits per heavy atom. The number of nitrogens with zero attached hydrogens (tertiary/aromatic N) is 2. The zero-order valence-electron chi connectivity index (χ0n) is 14.3. The normalized spacial score (nSPS) is 28.3. The molecule has 4 rings (SSSR count). The van der Waals surface area contributed by atoms with Gasteiger partial charge >= 0.3 is 6.03 Å². The fourth-order valence-electron chi connectivity index (χ4n) is 3.80. The topological polar surface area (TPSA) is 83.1 Å². The average molecular weight is 346 g/mol. The van der Waals surface area contributed by atoms with Gasteiger partial charge in [0.05, 0.1) is 12.1 Å². The van der Waals surface area contributed by atoms with Crippen LogP contribution in [0.4, 0.5) is 4.79 Å². The van der Waals surface area contributed by atoms with Gasteiger partial charge in [0.25, 0.3) is 0 Å². The second-order valence-electron chi connectivity index (χ2n) is 6.68. The number of nitrogens with one attached hydrogen (secondary N) is 2. The molecule has 0 bridgehead atoms. The molecule has 8 nitrogen and oxygen atoms in total. The van der Waals surface area contributed by atoms with Crippen molar-refractivity contribution >= 4 is 11.9 Å². The number of piperidine rings is 1. The molecule has 8 heteroatoms. The Balaban J connectivity index is 1.48. The lowest BCUT2D eigenvalue weighted by molar-refractivity contribution is -0.140. The monoisotopic (exact) mass is 346 g/mol. The van der Waals surface area contributed by atoms with Gasteiger partial charge in [-0.25, -0.2) is 4.79 Å². The molecular formula is C17H22N4O4. The number of rotatable bonds is 3. The number of carbonyl (C=O) groups is 2. The minimum absolute atomic E-state index is 0.00201. The number of hydrogen-bond acceptors (Lipinski definition) is 6. The number of amides is 3. The summed E-state index contributed by atoms with van der Waals surface area (Å²) in [5.74, 6) is 1.08. The number of carbonyl (C=O) groups excluding carboxylic acids is 2. The van der Waals surface area contributed by atoms with Crippen LogP contribution < -0.4 is 20.1 Å². The molecule has 3 aliphatic rings. The van der Waals surface area contributed by atoms with Crippen molar-refractivity contribution in [2.45, 2.75) is 25.2 Å². The van der Waals surface area contributed by atoms with Crippen LogP contribution in [0.25, 0.3) is 0 Å². The lowest BCUT2D eigenvalue weighted by Gasteiger charge is -2.47. The van der Waals surface area contributed by atoms with Crippen molar-refractivity contribution < 1.29 is 19.1 Å². The Morgan fingerprint density at radius 1 is 1.24 bits per heavy atom. The SMILES string of the molecule is CN1C(=O)C2C(NCc3ccc4c(c3)OCO4)CCNC2N(C)C1=O. The number of urea groups is 1. The van der Waals surface area contributed by atoms with Crippen LogP contribution in [0.3, 0.4) is 0 Å². The number of ether oxygens (including phenoxy) is 2. The van der Waals surface area contributed by atoms with Gasteiger partial charge in [-0.2, -0.15) is 0 Å². The molecule has 1 aromatic rings. The second kappa shape index (κ2) is 6.20. The third kappa shape index (κ3) is 2.71. The summed E-state index contributed by atoms with van der Waals surface area (Å²) in [7, 11) is 3.27. The number of imide groups is 1. The van der Waals surface area contributed by atoms with E-state index in [1.807, 2.05) is 18.2 Å². The standard InChI is InChI=1S/C17H22N4O4/c1-20-15-14(16(22)21(2)17(20)23)11(5-6-18-15)19-8-10-3-4-12-13(7-10)25-9-24-12/h3-4,7,11,14-15,18-19H,5-6,8-9H2,1-2H3. The Bertz CT molecular complexity index is 710. The van der Waals surface area contributed by atoms with E-state index in [9.17, 15) is 9.59 Å². The highest BCUT2D eigenvalue weighted by molar-refractivity contribution is 5.98. The first kappa shape index (κ1) is 16.2. The van der Waals surface area contributed by atoms with Crippen molar-refractivity contribution in [3.05, 3.63) is 23.8 Å². The molecule has 0 spiro atoms. The summed E-state index contributed by atoms with van der Waals surface area (Å²) in [5, 5.41) is 6.79. The van der Waals surface area contributed by atoms with E-state index in [2.05, 4.69) is 10.6 Å². The maximum absolute atomic E-state index is 12.7. The molecule has 0 aliphatic carbocycles. The van der Waals surface area contributed by atoms with E-state index >= 15 is 0 Å². The molecule has 3 unspecified atom stereocenters. The third-order valence-electron chi connectivity index (χ3n) is 5.21. The summed E-state index contributed by atoms with van der Waals surface area (Å²) in [6, 6.07) is 5.58. The van der Waals surface area contributed by atoms with E-state index in [4.69, 9.17) is 9.47 Å². The Hall–Kier alpha value is -2.32. The molecule has 0 aromatic heterocycles. The molecule has 2 saturated heterocycles. The van der Waals surface area contributed by atoms with Gasteiger partial charge in [0, 0.05) is 26.7 Å². The van der Waals surface area contributed by atoms with E-state index in [1.165, 1.54) is 4.90 Å². The number of hydrogen-bond donors (Lipinski definition) is 2. The third-order valence-corrected chi connectivity index (χ3v) is 5.21. The van der Waals surface area contributed by atoms with Crippen LogP contribution >= 0.6 is 0 Å². The summed E-state index contributed by atoms with van der Waals surface area (Å²) in [6.45, 7) is 1.64. The van der Waals surface area contributed by atoms with Crippen molar-refractivity contribution in [3.63, 3.8) is 0 Å². The highest BCUT2D eigenvalue weighted by Crippen LogP contribution is 2.33. The first-order valence-electron chi connectivity index (χ1n) is 8.46. The van der Waals surface area contributed by atoms with Crippen LogP contribution in [0, 0.1) is 5.92 Å². The predicted molar refractivity (Wildman–Crippen MR) is 89.0 cm³/mol.